The Balaban J connectivity index is 1.28. The number of primary amides is 1. The van der Waals surface area contributed by atoms with Gasteiger partial charge in [-0.05, 0) is 60.3 Å². The predicted molar refractivity (Wildman–Crippen MR) is 134 cm³/mol. The molecule has 0 spiro atoms. The van der Waals surface area contributed by atoms with Crippen LogP contribution >= 0.6 is 0 Å². The number of nitrogens with zero attached hydrogens (tertiary/aromatic N) is 1. The topological polar surface area (TPSA) is 74.0 Å². The molecule has 0 bridgehead atoms. The van der Waals surface area contributed by atoms with Crippen LogP contribution in [0.15, 0.2) is 66.7 Å². The van der Waals surface area contributed by atoms with Gasteiger partial charge in [-0.25, -0.2) is 0 Å². The second-order valence-corrected chi connectivity index (χ2v) is 8.76. The van der Waals surface area contributed by atoms with Crippen LogP contribution in [0.2, 0.25) is 0 Å². The third-order valence-electron chi connectivity index (χ3n) is 6.15. The van der Waals surface area contributed by atoms with Gasteiger partial charge in [0.1, 0.15) is 5.75 Å². The first kappa shape index (κ1) is 24.2. The summed E-state index contributed by atoms with van der Waals surface area (Å²) in [5.74, 6) is 0.774. The normalized spacial score (nSPS) is 18.3. The first-order chi connectivity index (χ1) is 16.6. The van der Waals surface area contributed by atoms with E-state index >= 15 is 0 Å². The van der Waals surface area contributed by atoms with Gasteiger partial charge in [0.15, 0.2) is 6.29 Å². The van der Waals surface area contributed by atoms with Crippen molar-refractivity contribution in [2.24, 2.45) is 5.73 Å². The van der Waals surface area contributed by atoms with Crippen LogP contribution in [0.4, 0.5) is 0 Å². The molecule has 3 aromatic carbocycles. The number of fused-ring (bicyclic) bond motifs is 1. The lowest BCUT2D eigenvalue weighted by Crippen LogP contribution is -2.35. The molecule has 3 aromatic rings. The Hall–Kier alpha value is -2.93. The standard InChI is InChI=1S/C28H34N2O4/c1-2-32-24-13-14-26-22(16-24)10-6-11-25(26)23-19-33-28(34-20-23)12-7-15-30(18-27(29)31)17-21-8-4-3-5-9-21/h3-6,8-11,13-14,16,23,28H,2,7,12,15,17-20H2,1H3,(H2,29,31). The van der Waals surface area contributed by atoms with Crippen LogP contribution in [0.1, 0.15) is 36.8 Å². The average molecular weight is 463 g/mol. The molecule has 1 heterocycles. The van der Waals surface area contributed by atoms with Crippen LogP contribution < -0.4 is 10.5 Å². The summed E-state index contributed by atoms with van der Waals surface area (Å²) in [6, 6.07) is 22.7. The van der Waals surface area contributed by atoms with Crippen molar-refractivity contribution in [1.82, 2.24) is 4.90 Å². The SMILES string of the molecule is CCOc1ccc2c(C3COC(CCCN(CC(N)=O)Cc4ccccc4)OC3)cccc2c1. The van der Waals surface area contributed by atoms with E-state index in [1.54, 1.807) is 0 Å². The Morgan fingerprint density at radius 1 is 1.06 bits per heavy atom. The molecule has 1 aliphatic heterocycles. The molecule has 0 radical (unpaired) electrons. The molecule has 1 amide bonds. The Kier molecular flexibility index (Phi) is 8.52. The maximum atomic E-state index is 11.5. The van der Waals surface area contributed by atoms with Crippen molar-refractivity contribution in [3.8, 4) is 5.75 Å². The summed E-state index contributed by atoms with van der Waals surface area (Å²) in [7, 11) is 0. The largest absolute Gasteiger partial charge is 0.494 e. The highest BCUT2D eigenvalue weighted by molar-refractivity contribution is 5.87. The number of hydrogen-bond donors (Lipinski definition) is 1. The van der Waals surface area contributed by atoms with Crippen molar-refractivity contribution in [3.63, 3.8) is 0 Å². The molecule has 0 saturated carbocycles. The van der Waals surface area contributed by atoms with E-state index in [9.17, 15) is 4.79 Å². The quantitative estimate of drug-likeness (QED) is 0.455. The van der Waals surface area contributed by atoms with Gasteiger partial charge in [0.25, 0.3) is 0 Å². The van der Waals surface area contributed by atoms with Crippen molar-refractivity contribution in [2.45, 2.75) is 38.5 Å². The molecule has 2 N–H and O–H groups in total. The van der Waals surface area contributed by atoms with Gasteiger partial charge < -0.3 is 19.9 Å². The molecule has 0 unspecified atom stereocenters. The highest BCUT2D eigenvalue weighted by atomic mass is 16.7. The maximum absolute atomic E-state index is 11.5. The number of nitrogens with two attached hydrogens (primary N) is 1. The van der Waals surface area contributed by atoms with Gasteiger partial charge >= 0.3 is 0 Å². The van der Waals surface area contributed by atoms with Crippen LogP contribution in [0.3, 0.4) is 0 Å². The molecule has 34 heavy (non-hydrogen) atoms. The van der Waals surface area contributed by atoms with Gasteiger partial charge in [0.2, 0.25) is 5.91 Å². The van der Waals surface area contributed by atoms with Crippen LogP contribution in [-0.4, -0.2) is 50.0 Å². The Morgan fingerprint density at radius 2 is 1.85 bits per heavy atom. The van der Waals surface area contributed by atoms with E-state index in [-0.39, 0.29) is 24.7 Å². The minimum absolute atomic E-state index is 0.197. The van der Waals surface area contributed by atoms with Crippen LogP contribution in [-0.2, 0) is 20.8 Å². The van der Waals surface area contributed by atoms with Gasteiger partial charge in [-0.15, -0.1) is 0 Å². The van der Waals surface area contributed by atoms with E-state index in [0.717, 1.165) is 25.1 Å². The average Bonchev–Trinajstić information content (AvgIpc) is 2.84. The fourth-order valence-corrected chi connectivity index (χ4v) is 4.55. The van der Waals surface area contributed by atoms with Gasteiger partial charge in [0.05, 0.1) is 26.4 Å². The van der Waals surface area contributed by atoms with Gasteiger partial charge in [-0.2, -0.15) is 0 Å². The lowest BCUT2D eigenvalue weighted by Gasteiger charge is -2.31. The number of rotatable bonds is 11. The fraction of sp³-hybridized carbons (Fsp3) is 0.393. The summed E-state index contributed by atoms with van der Waals surface area (Å²) in [6.07, 6.45) is 1.43. The summed E-state index contributed by atoms with van der Waals surface area (Å²) in [6.45, 7) is 5.61. The molecule has 1 aliphatic rings. The van der Waals surface area contributed by atoms with Crippen LogP contribution in [0.5, 0.6) is 5.75 Å². The van der Waals surface area contributed by atoms with Crippen molar-refractivity contribution in [3.05, 3.63) is 77.9 Å². The molecule has 6 nitrogen and oxygen atoms in total. The Morgan fingerprint density at radius 3 is 2.59 bits per heavy atom. The van der Waals surface area contributed by atoms with E-state index in [2.05, 4.69) is 47.4 Å². The molecule has 180 valence electrons. The predicted octanol–water partition coefficient (Wildman–Crippen LogP) is 4.46. The maximum Gasteiger partial charge on any atom is 0.231 e. The lowest BCUT2D eigenvalue weighted by atomic mass is 9.94. The molecule has 1 saturated heterocycles. The summed E-state index contributed by atoms with van der Waals surface area (Å²) < 4.78 is 17.8. The third-order valence-corrected chi connectivity index (χ3v) is 6.15. The molecule has 4 rings (SSSR count). The number of carbonyl (C=O) groups is 1. The molecule has 0 atom stereocenters. The highest BCUT2D eigenvalue weighted by Gasteiger charge is 2.25. The summed E-state index contributed by atoms with van der Waals surface area (Å²) in [5.41, 5.74) is 7.87. The van der Waals surface area contributed by atoms with E-state index in [1.807, 2.05) is 31.2 Å². The second-order valence-electron chi connectivity index (χ2n) is 8.76. The molecule has 0 aliphatic carbocycles. The first-order valence-corrected chi connectivity index (χ1v) is 12.1. The van der Waals surface area contributed by atoms with Crippen LogP contribution in [0, 0.1) is 0 Å². The third kappa shape index (κ3) is 6.56. The molecule has 1 fully saturated rings. The lowest BCUT2D eigenvalue weighted by molar-refractivity contribution is -0.190. The van der Waals surface area contributed by atoms with E-state index < -0.39 is 0 Å². The molecule has 0 aromatic heterocycles. The zero-order chi connectivity index (χ0) is 23.8. The van der Waals surface area contributed by atoms with E-state index in [4.69, 9.17) is 19.9 Å². The van der Waals surface area contributed by atoms with Crippen molar-refractivity contribution < 1.29 is 19.0 Å². The fourth-order valence-electron chi connectivity index (χ4n) is 4.55. The molecule has 6 heteroatoms. The Labute approximate surface area is 201 Å². The number of amides is 1. The monoisotopic (exact) mass is 462 g/mol. The molecular weight excluding hydrogens is 428 g/mol. The highest BCUT2D eigenvalue weighted by Crippen LogP contribution is 2.31. The minimum Gasteiger partial charge on any atom is -0.494 e. The van der Waals surface area contributed by atoms with Crippen molar-refractivity contribution >= 4 is 16.7 Å². The number of hydrogen-bond acceptors (Lipinski definition) is 5. The minimum atomic E-state index is -0.313. The smallest absolute Gasteiger partial charge is 0.231 e. The summed E-state index contributed by atoms with van der Waals surface area (Å²) in [5, 5.41) is 2.38. The van der Waals surface area contributed by atoms with Crippen molar-refractivity contribution in [1.29, 1.82) is 0 Å². The van der Waals surface area contributed by atoms with Crippen LogP contribution in [0.25, 0.3) is 10.8 Å². The van der Waals surface area contributed by atoms with E-state index in [0.29, 0.717) is 26.4 Å². The van der Waals surface area contributed by atoms with Gasteiger partial charge in [0, 0.05) is 12.5 Å². The second kappa shape index (κ2) is 12.0. The van der Waals surface area contributed by atoms with E-state index in [1.165, 1.54) is 21.9 Å². The zero-order valence-corrected chi connectivity index (χ0v) is 19.8. The van der Waals surface area contributed by atoms with Gasteiger partial charge in [-0.3, -0.25) is 9.69 Å². The number of benzene rings is 3. The first-order valence-electron chi connectivity index (χ1n) is 12.1. The number of ether oxygens (including phenoxy) is 3. The summed E-state index contributed by atoms with van der Waals surface area (Å²) in [4.78, 5) is 13.6. The zero-order valence-electron chi connectivity index (χ0n) is 19.8. The number of carbonyl (C=O) groups excluding carboxylic acids is 1. The Bertz CT molecular complexity index is 1060. The summed E-state index contributed by atoms with van der Waals surface area (Å²) >= 11 is 0. The van der Waals surface area contributed by atoms with Gasteiger partial charge in [-0.1, -0.05) is 54.6 Å². The van der Waals surface area contributed by atoms with Crippen molar-refractivity contribution in [2.75, 3.05) is 32.9 Å². The molecular formula is C28H34N2O4.